The largest absolute Gasteiger partial charge is 1.00 e. The lowest BCUT2D eigenvalue weighted by Gasteiger charge is -2.26. The Morgan fingerprint density at radius 1 is 0.913 bits per heavy atom. The van der Waals surface area contributed by atoms with E-state index >= 15 is 0 Å². The number of unbranched alkanes of at least 4 members (excludes halogenated alkanes) is 8. The number of aliphatic hydroxyl groups is 2. The van der Waals surface area contributed by atoms with Crippen LogP contribution in [0.3, 0.4) is 0 Å². The molecule has 0 bridgehead atoms. The van der Waals surface area contributed by atoms with Gasteiger partial charge in [0.2, 0.25) is 0 Å². The van der Waals surface area contributed by atoms with E-state index in [4.69, 9.17) is 0 Å². The predicted molar refractivity (Wildman–Crippen MR) is 92.1 cm³/mol. The first-order valence-electron chi connectivity index (χ1n) is 9.63. The first-order valence-corrected chi connectivity index (χ1v) is 9.63. The minimum absolute atomic E-state index is 0. The lowest BCUT2D eigenvalue weighted by Crippen LogP contribution is -3.15. The molecule has 0 radical (unpaired) electrons. The van der Waals surface area contributed by atoms with Crippen molar-refractivity contribution in [1.29, 1.82) is 0 Å². The van der Waals surface area contributed by atoms with Crippen LogP contribution in [0.4, 0.5) is 0 Å². The Morgan fingerprint density at radius 2 is 1.52 bits per heavy atom. The van der Waals surface area contributed by atoms with Gasteiger partial charge in [-0.3, -0.25) is 0 Å². The van der Waals surface area contributed by atoms with Crippen LogP contribution in [0, 0.1) is 0 Å². The van der Waals surface area contributed by atoms with Crippen LogP contribution in [0.25, 0.3) is 0 Å². The Bertz CT molecular complexity index is 243. The topological polar surface area (TPSA) is 48.1 Å². The van der Waals surface area contributed by atoms with Crippen molar-refractivity contribution in [2.45, 2.75) is 77.3 Å². The number of hydrogen-bond acceptors (Lipinski definition) is 3. The molecule has 0 aromatic carbocycles. The first kappa shape index (κ1) is 23.1. The van der Waals surface area contributed by atoms with E-state index in [9.17, 15) is 10.2 Å². The van der Waals surface area contributed by atoms with E-state index in [0.29, 0.717) is 6.17 Å². The number of rotatable bonds is 14. The highest BCUT2D eigenvalue weighted by atomic mass is 35.5. The number of β-amino-alcohol motifs (C(OH)–C–C–N with tert-alkyl or cyclic N) is 1. The molecule has 0 aromatic rings. The fraction of sp³-hybridized carbons (Fsp3) is 1.00. The zero-order valence-electron chi connectivity index (χ0n) is 15.1. The summed E-state index contributed by atoms with van der Waals surface area (Å²) in [4.78, 5) is 3.92. The molecule has 1 rings (SSSR count). The Labute approximate surface area is 149 Å². The molecule has 23 heavy (non-hydrogen) atoms. The molecule has 1 aliphatic rings. The third-order valence-corrected chi connectivity index (χ3v) is 5.03. The Kier molecular flexibility index (Phi) is 15.7. The van der Waals surface area contributed by atoms with E-state index in [1.54, 1.807) is 0 Å². The average Bonchev–Trinajstić information content (AvgIpc) is 2.89. The second-order valence-electron chi connectivity index (χ2n) is 6.77. The SMILES string of the molecule is CCCCCCCCCCCC1N(CCO)CC[NH+]1CCO.[Cl-]. The smallest absolute Gasteiger partial charge is 0.144 e. The summed E-state index contributed by atoms with van der Waals surface area (Å²) in [5.41, 5.74) is 0. The zero-order valence-corrected chi connectivity index (χ0v) is 15.9. The molecule has 1 saturated heterocycles. The molecule has 0 spiro atoms. The summed E-state index contributed by atoms with van der Waals surface area (Å²) in [6.07, 6.45) is 14.1. The van der Waals surface area contributed by atoms with Gasteiger partial charge in [0.15, 0.2) is 0 Å². The highest BCUT2D eigenvalue weighted by molar-refractivity contribution is 4.68. The molecule has 4 nitrogen and oxygen atoms in total. The highest BCUT2D eigenvalue weighted by Crippen LogP contribution is 2.12. The molecule has 1 aliphatic heterocycles. The molecule has 0 aromatic heterocycles. The fourth-order valence-corrected chi connectivity index (χ4v) is 3.73. The summed E-state index contributed by atoms with van der Waals surface area (Å²) >= 11 is 0. The monoisotopic (exact) mass is 350 g/mol. The molecule has 0 aliphatic carbocycles. The second kappa shape index (κ2) is 15.6. The molecule has 0 saturated carbocycles. The molecule has 0 amide bonds. The van der Waals surface area contributed by atoms with Crippen molar-refractivity contribution in [2.24, 2.45) is 0 Å². The van der Waals surface area contributed by atoms with Crippen molar-refractivity contribution in [3.63, 3.8) is 0 Å². The molecule has 1 heterocycles. The van der Waals surface area contributed by atoms with E-state index in [0.717, 1.165) is 26.2 Å². The first-order chi connectivity index (χ1) is 10.8. The second-order valence-corrected chi connectivity index (χ2v) is 6.77. The molecule has 3 N–H and O–H groups in total. The predicted octanol–water partition coefficient (Wildman–Crippen LogP) is -1.58. The van der Waals surface area contributed by atoms with Gasteiger partial charge in [-0.2, -0.15) is 0 Å². The number of quaternary nitrogens is 1. The number of halogens is 1. The fourth-order valence-electron chi connectivity index (χ4n) is 3.73. The van der Waals surface area contributed by atoms with Crippen molar-refractivity contribution >= 4 is 0 Å². The standard InChI is InChI=1S/C18H38N2O2.ClH/c1-2-3-4-5-6-7-8-9-10-11-18-19(14-16-21)12-13-20(18)15-17-22;/h18,21-22H,2-17H2,1H3;1H. The van der Waals surface area contributed by atoms with Crippen LogP contribution in [-0.4, -0.2) is 60.7 Å². The number of aliphatic hydroxyl groups excluding tert-OH is 2. The summed E-state index contributed by atoms with van der Waals surface area (Å²) in [5.74, 6) is 0. The lowest BCUT2D eigenvalue weighted by atomic mass is 10.1. The molecule has 1 fully saturated rings. The summed E-state index contributed by atoms with van der Waals surface area (Å²) in [5, 5.41) is 18.4. The van der Waals surface area contributed by atoms with Gasteiger partial charge in [-0.05, 0) is 6.42 Å². The number of nitrogens with zero attached hydrogens (tertiary/aromatic N) is 1. The Morgan fingerprint density at radius 3 is 2.09 bits per heavy atom. The molecule has 140 valence electrons. The third kappa shape index (κ3) is 9.88. The van der Waals surface area contributed by atoms with Gasteiger partial charge in [0.05, 0.1) is 26.3 Å². The highest BCUT2D eigenvalue weighted by Gasteiger charge is 2.34. The van der Waals surface area contributed by atoms with E-state index in [-0.39, 0.29) is 25.6 Å². The maximum atomic E-state index is 9.20. The summed E-state index contributed by atoms with van der Waals surface area (Å²) in [7, 11) is 0. The minimum atomic E-state index is 0. The Hall–Kier alpha value is 0.130. The van der Waals surface area contributed by atoms with Gasteiger partial charge in [-0.1, -0.05) is 58.3 Å². The van der Waals surface area contributed by atoms with Crippen molar-refractivity contribution in [3.8, 4) is 0 Å². The van der Waals surface area contributed by atoms with Crippen LogP contribution in [0.2, 0.25) is 0 Å². The van der Waals surface area contributed by atoms with Gasteiger partial charge < -0.3 is 27.5 Å². The minimum Gasteiger partial charge on any atom is -1.00 e. The van der Waals surface area contributed by atoms with E-state index < -0.39 is 0 Å². The van der Waals surface area contributed by atoms with Crippen molar-refractivity contribution in [3.05, 3.63) is 0 Å². The molecule has 2 unspecified atom stereocenters. The molecular weight excluding hydrogens is 312 g/mol. The molecule has 2 atom stereocenters. The van der Waals surface area contributed by atoms with Crippen LogP contribution < -0.4 is 17.3 Å². The van der Waals surface area contributed by atoms with Crippen LogP contribution in [-0.2, 0) is 0 Å². The quantitative estimate of drug-likeness (QED) is 0.331. The van der Waals surface area contributed by atoms with Gasteiger partial charge in [0.25, 0.3) is 0 Å². The van der Waals surface area contributed by atoms with E-state index in [1.165, 1.54) is 69.1 Å². The number of hydrogen-bond donors (Lipinski definition) is 3. The molecular formula is C18H39ClN2O2. The van der Waals surface area contributed by atoms with Crippen LogP contribution in [0.15, 0.2) is 0 Å². The lowest BCUT2D eigenvalue weighted by molar-refractivity contribution is -0.919. The van der Waals surface area contributed by atoms with E-state index in [2.05, 4.69) is 11.8 Å². The summed E-state index contributed by atoms with van der Waals surface area (Å²) < 4.78 is 0. The van der Waals surface area contributed by atoms with Gasteiger partial charge in [-0.15, -0.1) is 0 Å². The van der Waals surface area contributed by atoms with Crippen LogP contribution in [0.1, 0.15) is 71.1 Å². The van der Waals surface area contributed by atoms with Gasteiger partial charge in [-0.25, -0.2) is 4.90 Å². The maximum absolute atomic E-state index is 9.20. The summed E-state index contributed by atoms with van der Waals surface area (Å²) in [6, 6.07) is 0. The number of nitrogens with one attached hydrogen (secondary N) is 1. The van der Waals surface area contributed by atoms with Crippen LogP contribution >= 0.6 is 0 Å². The van der Waals surface area contributed by atoms with Gasteiger partial charge >= 0.3 is 0 Å². The summed E-state index contributed by atoms with van der Waals surface area (Å²) in [6.45, 7) is 6.62. The normalized spacial score (nSPS) is 21.5. The van der Waals surface area contributed by atoms with Gasteiger partial charge in [0, 0.05) is 13.0 Å². The zero-order chi connectivity index (χ0) is 16.0. The van der Waals surface area contributed by atoms with E-state index in [1.807, 2.05) is 0 Å². The Balaban J connectivity index is 0.00000484. The maximum Gasteiger partial charge on any atom is 0.144 e. The van der Waals surface area contributed by atoms with Crippen LogP contribution in [0.5, 0.6) is 0 Å². The third-order valence-electron chi connectivity index (χ3n) is 5.03. The average molecular weight is 351 g/mol. The van der Waals surface area contributed by atoms with Crippen molar-refractivity contribution < 1.29 is 27.5 Å². The van der Waals surface area contributed by atoms with Crippen molar-refractivity contribution in [2.75, 3.05) is 39.4 Å². The van der Waals surface area contributed by atoms with Crippen molar-refractivity contribution in [1.82, 2.24) is 4.90 Å². The molecule has 5 heteroatoms. The van der Waals surface area contributed by atoms with Gasteiger partial charge in [0.1, 0.15) is 12.7 Å².